The number of imidazole rings is 1. The Kier molecular flexibility index (Phi) is 5.82. The summed E-state index contributed by atoms with van der Waals surface area (Å²) < 4.78 is 7.90. The number of rotatable bonds is 7. The van der Waals surface area contributed by atoms with Crippen LogP contribution in [0.15, 0.2) is 12.5 Å². The van der Waals surface area contributed by atoms with Crippen molar-refractivity contribution < 1.29 is 4.74 Å². The highest BCUT2D eigenvalue weighted by Crippen LogP contribution is 2.22. The van der Waals surface area contributed by atoms with Crippen LogP contribution in [0.3, 0.4) is 0 Å². The van der Waals surface area contributed by atoms with Crippen molar-refractivity contribution in [3.05, 3.63) is 18.2 Å². The summed E-state index contributed by atoms with van der Waals surface area (Å²) in [5.74, 6) is 0.609. The van der Waals surface area contributed by atoms with Crippen molar-refractivity contribution in [1.29, 1.82) is 0 Å². The molecule has 1 aromatic rings. The molecule has 2 rings (SSSR count). The van der Waals surface area contributed by atoms with Gasteiger partial charge in [-0.05, 0) is 33.5 Å². The van der Waals surface area contributed by atoms with E-state index in [4.69, 9.17) is 4.74 Å². The van der Waals surface area contributed by atoms with Gasteiger partial charge in [-0.1, -0.05) is 0 Å². The third-order valence-corrected chi connectivity index (χ3v) is 3.62. The Labute approximate surface area is 116 Å². The van der Waals surface area contributed by atoms with Gasteiger partial charge in [0.1, 0.15) is 0 Å². The summed E-state index contributed by atoms with van der Waals surface area (Å²) in [5.41, 5.74) is 1.35. The Bertz CT molecular complexity index is 358. The van der Waals surface area contributed by atoms with Crippen LogP contribution < -0.4 is 5.32 Å². The number of nitrogens with zero attached hydrogens (tertiary/aromatic N) is 3. The Morgan fingerprint density at radius 3 is 3.11 bits per heavy atom. The number of hydrogen-bond donors (Lipinski definition) is 1. The van der Waals surface area contributed by atoms with Gasteiger partial charge in [0.05, 0.1) is 19.5 Å². The third-order valence-electron chi connectivity index (χ3n) is 3.62. The molecule has 1 N–H and O–H groups in total. The van der Waals surface area contributed by atoms with E-state index < -0.39 is 0 Å². The molecule has 2 heterocycles. The summed E-state index contributed by atoms with van der Waals surface area (Å²) in [4.78, 5) is 6.43. The molecule has 1 aliphatic rings. The molecule has 0 radical (unpaired) electrons. The molecule has 0 amide bonds. The third kappa shape index (κ3) is 4.60. The quantitative estimate of drug-likeness (QED) is 0.746. The van der Waals surface area contributed by atoms with Gasteiger partial charge < -0.3 is 19.5 Å². The van der Waals surface area contributed by atoms with Crippen molar-refractivity contribution >= 4 is 0 Å². The zero-order valence-corrected chi connectivity index (χ0v) is 12.1. The van der Waals surface area contributed by atoms with Crippen LogP contribution in [-0.2, 0) is 11.3 Å². The van der Waals surface area contributed by atoms with Crippen molar-refractivity contribution in [3.63, 3.8) is 0 Å². The lowest BCUT2D eigenvalue weighted by atomic mass is 9.96. The second-order valence-corrected chi connectivity index (χ2v) is 5.47. The van der Waals surface area contributed by atoms with E-state index >= 15 is 0 Å². The molecule has 5 heteroatoms. The molecule has 0 spiro atoms. The first kappa shape index (κ1) is 14.5. The zero-order valence-electron chi connectivity index (χ0n) is 12.1. The lowest BCUT2D eigenvalue weighted by molar-refractivity contribution is 0.110. The van der Waals surface area contributed by atoms with Crippen molar-refractivity contribution in [3.8, 4) is 0 Å². The van der Waals surface area contributed by atoms with Crippen molar-refractivity contribution in [2.45, 2.75) is 25.3 Å². The highest BCUT2D eigenvalue weighted by molar-refractivity contribution is 5.08. The summed E-state index contributed by atoms with van der Waals surface area (Å²) in [5, 5.41) is 3.46. The summed E-state index contributed by atoms with van der Waals surface area (Å²) in [6.07, 6.45) is 6.46. The molecule has 1 unspecified atom stereocenters. The smallest absolute Gasteiger partial charge is 0.0949 e. The van der Waals surface area contributed by atoms with Gasteiger partial charge in [-0.2, -0.15) is 0 Å². The van der Waals surface area contributed by atoms with E-state index in [1.54, 1.807) is 0 Å². The summed E-state index contributed by atoms with van der Waals surface area (Å²) in [6, 6.07) is 0. The highest BCUT2D eigenvalue weighted by Gasteiger charge is 2.18. The standard InChI is InChI=1S/C14H26N4O/c1-17(2)6-8-19-9-7-18-12-16-11-14(18)13-4-3-5-15-10-13/h11-13,15H,3-10H2,1-2H3. The summed E-state index contributed by atoms with van der Waals surface area (Å²) >= 11 is 0. The summed E-state index contributed by atoms with van der Waals surface area (Å²) in [6.45, 7) is 5.66. The monoisotopic (exact) mass is 266 g/mol. The van der Waals surface area contributed by atoms with Gasteiger partial charge in [-0.3, -0.25) is 0 Å². The van der Waals surface area contributed by atoms with Crippen LogP contribution >= 0.6 is 0 Å². The van der Waals surface area contributed by atoms with E-state index in [2.05, 4.69) is 33.9 Å². The first-order chi connectivity index (χ1) is 9.27. The van der Waals surface area contributed by atoms with Crippen LogP contribution in [0.2, 0.25) is 0 Å². The van der Waals surface area contributed by atoms with Gasteiger partial charge in [0.15, 0.2) is 0 Å². The molecule has 108 valence electrons. The fraction of sp³-hybridized carbons (Fsp3) is 0.786. The Morgan fingerprint density at radius 1 is 1.47 bits per heavy atom. The van der Waals surface area contributed by atoms with E-state index in [1.807, 2.05) is 12.5 Å². The molecule has 0 aromatic carbocycles. The predicted molar refractivity (Wildman–Crippen MR) is 76.4 cm³/mol. The Morgan fingerprint density at radius 2 is 2.37 bits per heavy atom. The minimum absolute atomic E-state index is 0.609. The SMILES string of the molecule is CN(C)CCOCCn1cncc1C1CCCNC1. The van der Waals surface area contributed by atoms with Gasteiger partial charge in [0, 0.05) is 37.4 Å². The van der Waals surface area contributed by atoms with E-state index in [1.165, 1.54) is 18.5 Å². The molecule has 0 saturated carbocycles. The first-order valence-corrected chi connectivity index (χ1v) is 7.20. The molecular formula is C14H26N4O. The number of piperidine rings is 1. The molecule has 1 saturated heterocycles. The molecule has 1 aliphatic heterocycles. The number of aromatic nitrogens is 2. The van der Waals surface area contributed by atoms with Crippen LogP contribution in [0, 0.1) is 0 Å². The van der Waals surface area contributed by atoms with Crippen LogP contribution in [0.4, 0.5) is 0 Å². The largest absolute Gasteiger partial charge is 0.378 e. The lowest BCUT2D eigenvalue weighted by Crippen LogP contribution is -2.29. The topological polar surface area (TPSA) is 42.3 Å². The highest BCUT2D eigenvalue weighted by atomic mass is 16.5. The number of ether oxygens (including phenoxy) is 1. The van der Waals surface area contributed by atoms with Crippen molar-refractivity contribution in [2.75, 3.05) is 46.9 Å². The normalized spacial score (nSPS) is 20.1. The summed E-state index contributed by atoms with van der Waals surface area (Å²) in [7, 11) is 4.13. The molecule has 1 atom stereocenters. The van der Waals surface area contributed by atoms with E-state index in [9.17, 15) is 0 Å². The molecular weight excluding hydrogens is 240 g/mol. The van der Waals surface area contributed by atoms with Gasteiger partial charge >= 0.3 is 0 Å². The second-order valence-electron chi connectivity index (χ2n) is 5.47. The van der Waals surface area contributed by atoms with Gasteiger partial charge in [-0.25, -0.2) is 4.98 Å². The molecule has 5 nitrogen and oxygen atoms in total. The van der Waals surface area contributed by atoms with Crippen molar-refractivity contribution in [2.24, 2.45) is 0 Å². The number of likely N-dealkylation sites (N-methyl/N-ethyl adjacent to an activating group) is 1. The Hall–Kier alpha value is -0.910. The van der Waals surface area contributed by atoms with Gasteiger partial charge in [0.25, 0.3) is 0 Å². The minimum atomic E-state index is 0.609. The zero-order chi connectivity index (χ0) is 13.5. The van der Waals surface area contributed by atoms with Crippen LogP contribution in [-0.4, -0.2) is 61.4 Å². The number of nitrogens with one attached hydrogen (secondary N) is 1. The van der Waals surface area contributed by atoms with Gasteiger partial charge in [-0.15, -0.1) is 0 Å². The van der Waals surface area contributed by atoms with Crippen LogP contribution in [0.1, 0.15) is 24.5 Å². The molecule has 1 aromatic heterocycles. The van der Waals surface area contributed by atoms with Crippen molar-refractivity contribution in [1.82, 2.24) is 19.8 Å². The van der Waals surface area contributed by atoms with Crippen LogP contribution in [0.5, 0.6) is 0 Å². The van der Waals surface area contributed by atoms with Crippen LogP contribution in [0.25, 0.3) is 0 Å². The lowest BCUT2D eigenvalue weighted by Gasteiger charge is -2.23. The predicted octanol–water partition coefficient (Wildman–Crippen LogP) is 0.928. The first-order valence-electron chi connectivity index (χ1n) is 7.20. The maximum Gasteiger partial charge on any atom is 0.0949 e. The molecule has 19 heavy (non-hydrogen) atoms. The molecule has 0 bridgehead atoms. The molecule has 0 aliphatic carbocycles. The van der Waals surface area contributed by atoms with E-state index in [0.717, 1.165) is 39.4 Å². The fourth-order valence-electron chi connectivity index (χ4n) is 2.47. The average Bonchev–Trinajstić information content (AvgIpc) is 2.87. The number of hydrogen-bond acceptors (Lipinski definition) is 4. The average molecular weight is 266 g/mol. The molecule has 1 fully saturated rings. The van der Waals surface area contributed by atoms with E-state index in [-0.39, 0.29) is 0 Å². The minimum Gasteiger partial charge on any atom is -0.378 e. The second kappa shape index (κ2) is 7.62. The van der Waals surface area contributed by atoms with E-state index in [0.29, 0.717) is 5.92 Å². The maximum absolute atomic E-state index is 5.65. The maximum atomic E-state index is 5.65. The van der Waals surface area contributed by atoms with Gasteiger partial charge in [0.2, 0.25) is 0 Å². The Balaban J connectivity index is 1.76. The fourth-order valence-corrected chi connectivity index (χ4v) is 2.47.